The number of aromatic nitrogens is 3. The summed E-state index contributed by atoms with van der Waals surface area (Å²) < 4.78 is 58.0. The minimum atomic E-state index is -4.42. The van der Waals surface area contributed by atoms with Crippen molar-refractivity contribution in [2.45, 2.75) is 6.18 Å². The standard InChI is InChI=1S/C21H19F4N5O2S/c1-30-16-5-2-12(18(31)26-7-9-32-8-6-22)10-15(16)27-19(30)29-20-28-14-4-3-13(21(23,24)25)11-17(14)33-20/h2-5,10-11H,6-9H2,1H3,(H,26,31)(H,27,28,29). The first-order chi connectivity index (χ1) is 15.8. The Morgan fingerprint density at radius 2 is 1.94 bits per heavy atom. The second-order valence-corrected chi connectivity index (χ2v) is 8.11. The summed E-state index contributed by atoms with van der Waals surface area (Å²) in [6.45, 7) is -0.127. The number of rotatable bonds is 8. The van der Waals surface area contributed by atoms with Crippen LogP contribution < -0.4 is 10.6 Å². The molecule has 174 valence electrons. The van der Waals surface area contributed by atoms with Crippen LogP contribution in [0.5, 0.6) is 0 Å². The molecule has 0 aliphatic carbocycles. The average molecular weight is 481 g/mol. The summed E-state index contributed by atoms with van der Waals surface area (Å²) in [5, 5.41) is 6.13. The fourth-order valence-electron chi connectivity index (χ4n) is 3.20. The third-order valence-corrected chi connectivity index (χ3v) is 5.76. The minimum absolute atomic E-state index is 0.0102. The maximum atomic E-state index is 13.0. The van der Waals surface area contributed by atoms with Crippen molar-refractivity contribution >= 4 is 49.6 Å². The molecule has 0 saturated carbocycles. The van der Waals surface area contributed by atoms with E-state index in [1.54, 1.807) is 29.8 Å². The van der Waals surface area contributed by atoms with Crippen molar-refractivity contribution < 1.29 is 27.1 Å². The molecule has 0 aliphatic heterocycles. The Balaban J connectivity index is 1.51. The monoisotopic (exact) mass is 481 g/mol. The van der Waals surface area contributed by atoms with E-state index >= 15 is 0 Å². The Morgan fingerprint density at radius 1 is 1.12 bits per heavy atom. The van der Waals surface area contributed by atoms with Gasteiger partial charge in [0.05, 0.1) is 40.0 Å². The highest BCUT2D eigenvalue weighted by Gasteiger charge is 2.30. The number of thiazole rings is 1. The van der Waals surface area contributed by atoms with Crippen LogP contribution in [0.1, 0.15) is 15.9 Å². The molecular weight excluding hydrogens is 462 g/mol. The predicted octanol–water partition coefficient (Wildman–Crippen LogP) is 4.66. The summed E-state index contributed by atoms with van der Waals surface area (Å²) in [4.78, 5) is 21.1. The van der Waals surface area contributed by atoms with Crippen molar-refractivity contribution in [3.05, 3.63) is 47.5 Å². The molecule has 0 fully saturated rings. The molecule has 0 radical (unpaired) electrons. The smallest absolute Gasteiger partial charge is 0.377 e. The van der Waals surface area contributed by atoms with Gasteiger partial charge in [-0.1, -0.05) is 11.3 Å². The van der Waals surface area contributed by atoms with Crippen molar-refractivity contribution in [2.24, 2.45) is 7.05 Å². The molecule has 0 unspecified atom stereocenters. The van der Waals surface area contributed by atoms with Crippen LogP contribution in [0.25, 0.3) is 21.3 Å². The Morgan fingerprint density at radius 3 is 2.70 bits per heavy atom. The topological polar surface area (TPSA) is 81.1 Å². The van der Waals surface area contributed by atoms with Gasteiger partial charge in [-0.2, -0.15) is 13.2 Å². The summed E-state index contributed by atoms with van der Waals surface area (Å²) in [5.41, 5.74) is 1.43. The number of ether oxygens (including phenoxy) is 1. The maximum absolute atomic E-state index is 13.0. The van der Waals surface area contributed by atoms with Crippen LogP contribution in [-0.4, -0.2) is 46.9 Å². The summed E-state index contributed by atoms with van der Waals surface area (Å²) in [6, 6.07) is 8.44. The van der Waals surface area contributed by atoms with Crippen molar-refractivity contribution in [1.82, 2.24) is 19.9 Å². The number of benzene rings is 2. The van der Waals surface area contributed by atoms with Gasteiger partial charge in [-0.3, -0.25) is 4.79 Å². The number of anilines is 2. The first-order valence-corrected chi connectivity index (χ1v) is 10.7. The van der Waals surface area contributed by atoms with Crippen molar-refractivity contribution in [1.29, 1.82) is 0 Å². The fraction of sp³-hybridized carbons (Fsp3) is 0.286. The fourth-order valence-corrected chi connectivity index (χ4v) is 4.10. The van der Waals surface area contributed by atoms with E-state index in [1.807, 2.05) is 0 Å². The second kappa shape index (κ2) is 9.32. The highest BCUT2D eigenvalue weighted by molar-refractivity contribution is 7.22. The van der Waals surface area contributed by atoms with Crippen LogP contribution in [0, 0.1) is 0 Å². The Kier molecular flexibility index (Phi) is 6.47. The van der Waals surface area contributed by atoms with Crippen LogP contribution in [0.15, 0.2) is 36.4 Å². The van der Waals surface area contributed by atoms with E-state index in [1.165, 1.54) is 6.07 Å². The molecule has 0 aliphatic rings. The number of halogens is 4. The number of aryl methyl sites for hydroxylation is 1. The molecule has 0 saturated heterocycles. The van der Waals surface area contributed by atoms with Gasteiger partial charge >= 0.3 is 6.18 Å². The van der Waals surface area contributed by atoms with Crippen molar-refractivity contribution in [3.8, 4) is 0 Å². The molecule has 2 N–H and O–H groups in total. The van der Waals surface area contributed by atoms with Gasteiger partial charge in [0.15, 0.2) is 5.13 Å². The maximum Gasteiger partial charge on any atom is 0.416 e. The van der Waals surface area contributed by atoms with E-state index in [4.69, 9.17) is 4.74 Å². The second-order valence-electron chi connectivity index (χ2n) is 7.08. The van der Waals surface area contributed by atoms with Crippen LogP contribution in [0.3, 0.4) is 0 Å². The van der Waals surface area contributed by atoms with E-state index in [9.17, 15) is 22.4 Å². The van der Waals surface area contributed by atoms with E-state index in [-0.39, 0.29) is 25.7 Å². The van der Waals surface area contributed by atoms with E-state index in [2.05, 4.69) is 20.6 Å². The molecule has 2 heterocycles. The van der Waals surface area contributed by atoms with Crippen LogP contribution in [-0.2, 0) is 18.0 Å². The predicted molar refractivity (Wildman–Crippen MR) is 118 cm³/mol. The average Bonchev–Trinajstić information content (AvgIpc) is 3.32. The molecule has 4 aromatic rings. The molecule has 0 spiro atoms. The van der Waals surface area contributed by atoms with Crippen molar-refractivity contribution in [2.75, 3.05) is 31.7 Å². The molecule has 7 nitrogen and oxygen atoms in total. The molecular formula is C21H19F4N5O2S. The molecule has 33 heavy (non-hydrogen) atoms. The van der Waals surface area contributed by atoms with E-state index in [0.29, 0.717) is 32.4 Å². The number of amides is 1. The summed E-state index contributed by atoms with van der Waals surface area (Å²) in [5.74, 6) is 0.116. The lowest BCUT2D eigenvalue weighted by atomic mass is 10.2. The SMILES string of the molecule is Cn1c(Nc2nc3ccc(C(F)(F)F)cc3s2)nc2cc(C(=O)NCCOCCF)ccc21. The Labute approximate surface area is 189 Å². The highest BCUT2D eigenvalue weighted by atomic mass is 32.1. The molecule has 2 aromatic heterocycles. The number of nitrogens with zero attached hydrogens (tertiary/aromatic N) is 3. The quantitative estimate of drug-likeness (QED) is 0.283. The molecule has 1 amide bonds. The number of fused-ring (bicyclic) bond motifs is 2. The largest absolute Gasteiger partial charge is 0.416 e. The first-order valence-electron chi connectivity index (χ1n) is 9.89. The van der Waals surface area contributed by atoms with E-state index < -0.39 is 18.4 Å². The van der Waals surface area contributed by atoms with Crippen molar-refractivity contribution in [3.63, 3.8) is 0 Å². The van der Waals surface area contributed by atoms with Crippen LogP contribution in [0.2, 0.25) is 0 Å². The first kappa shape index (κ1) is 22.9. The van der Waals surface area contributed by atoms with Gasteiger partial charge in [-0.25, -0.2) is 14.4 Å². The Hall–Kier alpha value is -3.25. The van der Waals surface area contributed by atoms with Gasteiger partial charge in [0.1, 0.15) is 6.67 Å². The summed E-state index contributed by atoms with van der Waals surface area (Å²) in [7, 11) is 1.77. The van der Waals surface area contributed by atoms with Gasteiger partial charge in [0.2, 0.25) is 5.95 Å². The van der Waals surface area contributed by atoms with Gasteiger partial charge in [0.25, 0.3) is 5.91 Å². The molecule has 2 aromatic carbocycles. The zero-order valence-electron chi connectivity index (χ0n) is 17.4. The normalized spacial score (nSPS) is 11.9. The number of hydrogen-bond donors (Lipinski definition) is 2. The number of carbonyl (C=O) groups is 1. The lowest BCUT2D eigenvalue weighted by Gasteiger charge is -2.05. The van der Waals surface area contributed by atoms with Gasteiger partial charge in [-0.05, 0) is 36.4 Å². The zero-order valence-corrected chi connectivity index (χ0v) is 18.2. The number of carbonyl (C=O) groups excluding carboxylic acids is 1. The lowest BCUT2D eigenvalue weighted by molar-refractivity contribution is -0.137. The highest BCUT2D eigenvalue weighted by Crippen LogP contribution is 2.35. The molecule has 0 bridgehead atoms. The Bertz CT molecular complexity index is 1300. The summed E-state index contributed by atoms with van der Waals surface area (Å²) in [6.07, 6.45) is -4.42. The van der Waals surface area contributed by atoms with Gasteiger partial charge < -0.3 is 19.9 Å². The molecule has 4 rings (SSSR count). The number of alkyl halides is 4. The zero-order chi connectivity index (χ0) is 23.6. The summed E-state index contributed by atoms with van der Waals surface area (Å²) >= 11 is 1.09. The third kappa shape index (κ3) is 5.06. The third-order valence-electron chi connectivity index (χ3n) is 4.83. The van der Waals surface area contributed by atoms with Gasteiger partial charge in [0, 0.05) is 19.2 Å². The number of imidazole rings is 1. The molecule has 0 atom stereocenters. The lowest BCUT2D eigenvalue weighted by Crippen LogP contribution is -2.27. The van der Waals surface area contributed by atoms with Gasteiger partial charge in [-0.15, -0.1) is 0 Å². The number of hydrogen-bond acceptors (Lipinski definition) is 6. The minimum Gasteiger partial charge on any atom is -0.377 e. The van der Waals surface area contributed by atoms with Crippen LogP contribution in [0.4, 0.5) is 28.6 Å². The van der Waals surface area contributed by atoms with Crippen LogP contribution >= 0.6 is 11.3 Å². The molecule has 12 heteroatoms. The van der Waals surface area contributed by atoms with E-state index in [0.717, 1.165) is 29.0 Å². The number of nitrogens with one attached hydrogen (secondary N) is 2.